The van der Waals surface area contributed by atoms with Crippen molar-refractivity contribution < 1.29 is 13.2 Å². The summed E-state index contributed by atoms with van der Waals surface area (Å²) in [6.45, 7) is 2.56. The van der Waals surface area contributed by atoms with Gasteiger partial charge in [-0.15, -0.1) is 0 Å². The summed E-state index contributed by atoms with van der Waals surface area (Å²) in [5, 5.41) is 9.45. The molecule has 0 aliphatic rings. The lowest BCUT2D eigenvalue weighted by atomic mass is 9.96. The number of benzene rings is 3. The number of carbonyl (C=O) groups is 1. The summed E-state index contributed by atoms with van der Waals surface area (Å²) in [4.78, 5) is 16.8. The van der Waals surface area contributed by atoms with Gasteiger partial charge in [-0.25, -0.2) is 13.6 Å². The number of fused-ring (bicyclic) bond motifs is 1. The van der Waals surface area contributed by atoms with Crippen LogP contribution in [-0.2, 0) is 16.4 Å². The van der Waals surface area contributed by atoms with Crippen LogP contribution < -0.4 is 10.5 Å². The fourth-order valence-electron chi connectivity index (χ4n) is 3.81. The van der Waals surface area contributed by atoms with E-state index in [1.165, 1.54) is 12.1 Å². The average Bonchev–Trinajstić information content (AvgIpc) is 3.19. The second-order valence-electron chi connectivity index (χ2n) is 7.85. The van der Waals surface area contributed by atoms with E-state index in [1.54, 1.807) is 18.3 Å². The second-order valence-corrected chi connectivity index (χ2v) is 9.41. The van der Waals surface area contributed by atoms with E-state index < -0.39 is 16.1 Å². The van der Waals surface area contributed by atoms with Gasteiger partial charge in [0.1, 0.15) is 0 Å². The van der Waals surface area contributed by atoms with Gasteiger partial charge >= 0.3 is 0 Å². The predicted molar refractivity (Wildman–Crippen MR) is 126 cm³/mol. The fourth-order valence-corrected chi connectivity index (χ4v) is 4.33. The molecule has 1 atom stereocenters. The quantitative estimate of drug-likeness (QED) is 0.357. The van der Waals surface area contributed by atoms with Crippen molar-refractivity contribution in [1.29, 1.82) is 0 Å². The number of nitrogens with two attached hydrogens (primary N) is 1. The monoisotopic (exact) mass is 447 g/mol. The molecule has 7 heteroatoms. The number of primary sulfonamides is 1. The fraction of sp³-hybridized carbons (Fsp3) is 0.160. The first-order valence-electron chi connectivity index (χ1n) is 10.3. The van der Waals surface area contributed by atoms with E-state index >= 15 is 0 Å². The Morgan fingerprint density at radius 2 is 1.75 bits per heavy atom. The van der Waals surface area contributed by atoms with Gasteiger partial charge in [-0.1, -0.05) is 54.6 Å². The number of hydrogen-bond acceptors (Lipinski definition) is 4. The first-order valence-corrected chi connectivity index (χ1v) is 11.9. The number of ketones is 1. The van der Waals surface area contributed by atoms with Crippen LogP contribution in [0.25, 0.3) is 10.9 Å². The number of rotatable bonds is 8. The molecule has 32 heavy (non-hydrogen) atoms. The van der Waals surface area contributed by atoms with Gasteiger partial charge < -0.3 is 10.3 Å². The first kappa shape index (κ1) is 22.0. The van der Waals surface area contributed by atoms with Crippen LogP contribution in [0.5, 0.6) is 0 Å². The largest absolute Gasteiger partial charge is 0.360 e. The van der Waals surface area contributed by atoms with Crippen LogP contribution >= 0.6 is 0 Å². The number of aromatic amines is 1. The van der Waals surface area contributed by atoms with Gasteiger partial charge in [-0.2, -0.15) is 0 Å². The van der Waals surface area contributed by atoms with Crippen LogP contribution in [-0.4, -0.2) is 25.7 Å². The van der Waals surface area contributed by atoms with Gasteiger partial charge in [-0.3, -0.25) is 4.79 Å². The molecule has 6 nitrogen and oxygen atoms in total. The number of aryl methyl sites for hydroxylation is 1. The highest BCUT2D eigenvalue weighted by Crippen LogP contribution is 2.25. The van der Waals surface area contributed by atoms with Crippen LogP contribution in [0.15, 0.2) is 83.9 Å². The predicted octanol–water partition coefficient (Wildman–Crippen LogP) is 3.88. The van der Waals surface area contributed by atoms with Gasteiger partial charge in [0.15, 0.2) is 5.78 Å². The maximum Gasteiger partial charge on any atom is 0.238 e. The summed E-state index contributed by atoms with van der Waals surface area (Å²) in [5.74, 6) is -0.00382. The Hall–Kier alpha value is -3.26. The van der Waals surface area contributed by atoms with Gasteiger partial charge in [-0.05, 0) is 48.2 Å². The third-order valence-corrected chi connectivity index (χ3v) is 6.44. The number of carbonyl (C=O) groups excluding carboxylic acids is 1. The molecule has 0 amide bonds. The summed E-state index contributed by atoms with van der Waals surface area (Å²) in [5.41, 5.74) is 4.56. The number of H-pyrrole nitrogens is 1. The van der Waals surface area contributed by atoms with E-state index in [0.717, 1.165) is 27.6 Å². The number of Topliss-reactive ketones (excluding diaryl/α,β-unsaturated/α-hetero) is 1. The van der Waals surface area contributed by atoms with Crippen molar-refractivity contribution in [3.63, 3.8) is 0 Å². The standard InChI is InChI=1S/C25H25N3O3S/c1-17-7-12-21-22(16-28-23(21)15-17)25(29)24(19-5-3-2-4-6-19)27-14-13-18-8-10-20(11-9-18)32(26,30)31/h2-12,15-16,24,27-28H,13-14H2,1H3,(H2,26,30,31). The van der Waals surface area contributed by atoms with Gasteiger partial charge in [0.2, 0.25) is 10.0 Å². The Morgan fingerprint density at radius 1 is 1.03 bits per heavy atom. The Bertz CT molecular complexity index is 1340. The molecule has 0 saturated carbocycles. The Morgan fingerprint density at radius 3 is 2.44 bits per heavy atom. The maximum atomic E-state index is 13.5. The van der Waals surface area contributed by atoms with Crippen LogP contribution in [0.3, 0.4) is 0 Å². The Balaban J connectivity index is 1.54. The summed E-state index contributed by atoms with van der Waals surface area (Å²) in [6.07, 6.45) is 2.41. The molecule has 0 radical (unpaired) electrons. The van der Waals surface area contributed by atoms with Gasteiger partial charge in [0.05, 0.1) is 10.9 Å². The van der Waals surface area contributed by atoms with Crippen molar-refractivity contribution in [3.05, 3.63) is 101 Å². The van der Waals surface area contributed by atoms with Crippen molar-refractivity contribution in [2.75, 3.05) is 6.54 Å². The van der Waals surface area contributed by atoms with Crippen molar-refractivity contribution in [1.82, 2.24) is 10.3 Å². The first-order chi connectivity index (χ1) is 15.3. The van der Waals surface area contributed by atoms with Crippen LogP contribution in [0.1, 0.15) is 33.1 Å². The SMILES string of the molecule is Cc1ccc2c(C(=O)C(NCCc3ccc(S(N)(=O)=O)cc3)c3ccccc3)c[nH]c2c1. The number of aromatic nitrogens is 1. The molecule has 1 heterocycles. The highest BCUT2D eigenvalue weighted by molar-refractivity contribution is 7.89. The summed E-state index contributed by atoms with van der Waals surface area (Å²) in [6, 6.07) is 21.6. The Kier molecular flexibility index (Phi) is 6.23. The van der Waals surface area contributed by atoms with Gasteiger partial charge in [0, 0.05) is 29.2 Å². The normalized spacial score (nSPS) is 12.7. The van der Waals surface area contributed by atoms with E-state index in [9.17, 15) is 13.2 Å². The van der Waals surface area contributed by atoms with Crippen molar-refractivity contribution in [3.8, 4) is 0 Å². The van der Waals surface area contributed by atoms with Crippen LogP contribution in [0.4, 0.5) is 0 Å². The molecule has 4 N–H and O–H groups in total. The minimum atomic E-state index is -3.71. The van der Waals surface area contributed by atoms with Crippen molar-refractivity contribution in [2.45, 2.75) is 24.3 Å². The highest BCUT2D eigenvalue weighted by atomic mass is 32.2. The molecule has 4 aromatic rings. The third-order valence-electron chi connectivity index (χ3n) is 5.51. The molecule has 3 aromatic carbocycles. The lowest BCUT2D eigenvalue weighted by Crippen LogP contribution is -2.30. The molecule has 1 unspecified atom stereocenters. The number of sulfonamides is 1. The van der Waals surface area contributed by atoms with E-state index in [4.69, 9.17) is 5.14 Å². The average molecular weight is 448 g/mol. The number of hydrogen-bond donors (Lipinski definition) is 3. The van der Waals surface area contributed by atoms with Crippen molar-refractivity contribution >= 4 is 26.7 Å². The molecule has 4 rings (SSSR count). The topological polar surface area (TPSA) is 105 Å². The molecular formula is C25H25N3O3S. The molecule has 0 aliphatic carbocycles. The maximum absolute atomic E-state index is 13.5. The molecule has 0 spiro atoms. The molecule has 0 aliphatic heterocycles. The highest BCUT2D eigenvalue weighted by Gasteiger charge is 2.24. The Labute approximate surface area is 187 Å². The molecule has 0 bridgehead atoms. The second kappa shape index (κ2) is 9.08. The van der Waals surface area contributed by atoms with E-state index in [2.05, 4.69) is 10.3 Å². The number of nitrogens with one attached hydrogen (secondary N) is 2. The van der Waals surface area contributed by atoms with Crippen molar-refractivity contribution in [2.24, 2.45) is 5.14 Å². The van der Waals surface area contributed by atoms with Crippen LogP contribution in [0.2, 0.25) is 0 Å². The smallest absolute Gasteiger partial charge is 0.238 e. The minimum absolute atomic E-state index is 0.00382. The zero-order valence-corrected chi connectivity index (χ0v) is 18.5. The van der Waals surface area contributed by atoms with E-state index in [1.807, 2.05) is 55.5 Å². The summed E-state index contributed by atoms with van der Waals surface area (Å²) < 4.78 is 22.9. The van der Waals surface area contributed by atoms with Gasteiger partial charge in [0.25, 0.3) is 0 Å². The molecular weight excluding hydrogens is 422 g/mol. The third kappa shape index (κ3) is 4.80. The molecule has 0 fully saturated rings. The lowest BCUT2D eigenvalue weighted by Gasteiger charge is -2.18. The lowest BCUT2D eigenvalue weighted by molar-refractivity contribution is 0.0945. The zero-order valence-electron chi connectivity index (χ0n) is 17.7. The summed E-state index contributed by atoms with van der Waals surface area (Å²) >= 11 is 0. The van der Waals surface area contributed by atoms with E-state index in [0.29, 0.717) is 18.5 Å². The molecule has 164 valence electrons. The van der Waals surface area contributed by atoms with E-state index in [-0.39, 0.29) is 10.7 Å². The minimum Gasteiger partial charge on any atom is -0.360 e. The molecule has 1 aromatic heterocycles. The zero-order chi connectivity index (χ0) is 22.7. The molecule has 0 saturated heterocycles. The summed E-state index contributed by atoms with van der Waals surface area (Å²) in [7, 11) is -3.71. The van der Waals surface area contributed by atoms with Crippen LogP contribution in [0, 0.1) is 6.92 Å².